The number of nitrogens with zero attached hydrogens (tertiary/aromatic N) is 3. The first kappa shape index (κ1) is 36.0. The summed E-state index contributed by atoms with van der Waals surface area (Å²) in [6.07, 6.45) is 1.39. The molecule has 15 nitrogen and oxygen atoms in total. The third-order valence-electron chi connectivity index (χ3n) is 9.03. The van der Waals surface area contributed by atoms with Gasteiger partial charge in [0.05, 0.1) is 0 Å². The average molecular weight is 712 g/mol. The maximum atomic E-state index is 14.2. The number of benzene rings is 2. The number of amides is 5. The van der Waals surface area contributed by atoms with E-state index in [1.54, 1.807) is 37.3 Å². The minimum Gasteiger partial charge on any atom is -0.446 e. The van der Waals surface area contributed by atoms with Gasteiger partial charge in [-0.3, -0.25) is 24.0 Å². The molecule has 4 heterocycles. The van der Waals surface area contributed by atoms with Gasteiger partial charge in [-0.25, -0.2) is 9.97 Å². The lowest BCUT2D eigenvalue weighted by Crippen LogP contribution is -2.48. The second-order valence-corrected chi connectivity index (χ2v) is 13.5. The zero-order valence-electron chi connectivity index (χ0n) is 28.9. The van der Waals surface area contributed by atoms with Crippen LogP contribution in [0.2, 0.25) is 0 Å². The topological polar surface area (TPSA) is 209 Å². The second-order valence-electron chi connectivity index (χ2n) is 13.5. The van der Waals surface area contributed by atoms with Crippen LogP contribution < -0.4 is 21.3 Å². The standard InChI is InChI=1S/C37H41N7O8/c1-20(2)14-25-31(46)38-21(3)35-43-28(19-51-35)37(50)44-17-24(39-34(49)30(45)23-12-8-5-9-13-23)16-29(44)33(48)41-26(15-22-10-6-4-7-11-22)36-42-27(18-52-36)32(47)40-25/h4-13,18-21,24-26,29-30,45H,14-17H2,1-3H3,(H,38,46)(H,39,49)(H,40,47)(H,41,48)/t21-,24+,25-,26+,29+,30-/m1/s1. The second kappa shape index (κ2) is 15.6. The molecular weight excluding hydrogens is 670 g/mol. The smallest absolute Gasteiger partial charge is 0.276 e. The number of oxazole rings is 2. The molecule has 2 aromatic heterocycles. The number of aliphatic hydroxyl groups excluding tert-OH is 1. The number of aliphatic hydroxyl groups is 1. The first-order valence-corrected chi connectivity index (χ1v) is 17.2. The van der Waals surface area contributed by atoms with Gasteiger partial charge in [0.1, 0.15) is 36.7 Å². The van der Waals surface area contributed by atoms with Gasteiger partial charge in [-0.1, -0.05) is 74.5 Å². The molecule has 2 aliphatic rings. The van der Waals surface area contributed by atoms with Crippen molar-refractivity contribution in [2.45, 2.75) is 76.3 Å². The van der Waals surface area contributed by atoms with Crippen LogP contribution in [0.5, 0.6) is 0 Å². The molecule has 2 aromatic carbocycles. The minimum atomic E-state index is -1.47. The first-order valence-electron chi connectivity index (χ1n) is 17.2. The quantitative estimate of drug-likeness (QED) is 0.189. The molecule has 0 unspecified atom stereocenters. The third-order valence-corrected chi connectivity index (χ3v) is 9.03. The van der Waals surface area contributed by atoms with Crippen molar-refractivity contribution in [1.82, 2.24) is 36.1 Å². The number of carbonyl (C=O) groups excluding carboxylic acids is 5. The van der Waals surface area contributed by atoms with Crippen LogP contribution in [0.15, 0.2) is 82.0 Å². The molecule has 5 N–H and O–H groups in total. The fourth-order valence-electron chi connectivity index (χ4n) is 6.39. The Labute approximate surface area is 299 Å². The number of carbonyl (C=O) groups is 5. The van der Waals surface area contributed by atoms with Crippen molar-refractivity contribution in [2.24, 2.45) is 5.92 Å². The number of hydrogen-bond donors (Lipinski definition) is 5. The summed E-state index contributed by atoms with van der Waals surface area (Å²) in [5.74, 6) is -2.92. The molecule has 1 saturated heterocycles. The van der Waals surface area contributed by atoms with Crippen LogP contribution in [-0.4, -0.2) is 74.2 Å². The molecule has 272 valence electrons. The fraction of sp³-hybridized carbons (Fsp3) is 0.378. The molecule has 15 heteroatoms. The molecule has 0 radical (unpaired) electrons. The lowest BCUT2D eigenvalue weighted by atomic mass is 10.0. The van der Waals surface area contributed by atoms with Crippen molar-refractivity contribution >= 4 is 29.5 Å². The lowest BCUT2D eigenvalue weighted by Gasteiger charge is -2.25. The molecule has 6 rings (SSSR count). The normalized spacial score (nSPS) is 23.2. The van der Waals surface area contributed by atoms with Crippen molar-refractivity contribution in [3.63, 3.8) is 0 Å². The van der Waals surface area contributed by atoms with Crippen molar-refractivity contribution in [1.29, 1.82) is 0 Å². The molecular formula is C37H41N7O8. The zero-order chi connectivity index (χ0) is 36.9. The molecule has 0 aliphatic carbocycles. The van der Waals surface area contributed by atoms with Gasteiger partial charge in [0.2, 0.25) is 23.6 Å². The molecule has 4 aromatic rings. The van der Waals surface area contributed by atoms with E-state index in [1.165, 1.54) is 11.2 Å². The molecule has 0 saturated carbocycles. The van der Waals surface area contributed by atoms with Crippen LogP contribution in [0, 0.1) is 5.92 Å². The monoisotopic (exact) mass is 711 g/mol. The van der Waals surface area contributed by atoms with Gasteiger partial charge in [-0.2, -0.15) is 0 Å². The van der Waals surface area contributed by atoms with E-state index >= 15 is 0 Å². The Morgan fingerprint density at radius 1 is 0.885 bits per heavy atom. The van der Waals surface area contributed by atoms with Crippen molar-refractivity contribution < 1.29 is 37.9 Å². The summed E-state index contributed by atoms with van der Waals surface area (Å²) in [6, 6.07) is 13.2. The molecule has 0 spiro atoms. The van der Waals surface area contributed by atoms with E-state index in [-0.39, 0.29) is 48.5 Å². The summed E-state index contributed by atoms with van der Waals surface area (Å²) >= 11 is 0. The highest BCUT2D eigenvalue weighted by atomic mass is 16.3. The minimum absolute atomic E-state index is 0.0104. The number of aromatic nitrogens is 2. The van der Waals surface area contributed by atoms with E-state index in [0.717, 1.165) is 11.8 Å². The molecule has 4 bridgehead atoms. The van der Waals surface area contributed by atoms with Gasteiger partial charge < -0.3 is 40.1 Å². The van der Waals surface area contributed by atoms with E-state index in [9.17, 15) is 29.1 Å². The third kappa shape index (κ3) is 8.20. The molecule has 52 heavy (non-hydrogen) atoms. The number of fused-ring (bicyclic) bond motifs is 5. The van der Waals surface area contributed by atoms with Crippen LogP contribution in [0.4, 0.5) is 0 Å². The van der Waals surface area contributed by atoms with Crippen LogP contribution in [0.25, 0.3) is 0 Å². The Balaban J connectivity index is 1.34. The zero-order valence-corrected chi connectivity index (χ0v) is 28.9. The molecule has 5 amide bonds. The SMILES string of the molecule is CC(C)C[C@H]1NC(=O)c2coc(n2)[C@H](Cc2ccccc2)NC(=O)[C@@H]2C[C@H](NC(=O)[C@H](O)c3ccccc3)CN2C(=O)c2coc(n2)[C@@H](C)NC1=O. The maximum absolute atomic E-state index is 14.2. The highest BCUT2D eigenvalue weighted by molar-refractivity contribution is 5.97. The van der Waals surface area contributed by atoms with Gasteiger partial charge in [0.15, 0.2) is 17.5 Å². The molecule has 2 aliphatic heterocycles. The van der Waals surface area contributed by atoms with Crippen LogP contribution in [0.1, 0.15) is 95.7 Å². The van der Waals surface area contributed by atoms with Crippen LogP contribution in [-0.2, 0) is 20.8 Å². The van der Waals surface area contributed by atoms with Gasteiger partial charge in [0, 0.05) is 19.0 Å². The summed E-state index contributed by atoms with van der Waals surface area (Å²) in [5, 5.41) is 22.0. The summed E-state index contributed by atoms with van der Waals surface area (Å²) in [6.45, 7) is 5.37. The Kier molecular flexibility index (Phi) is 10.8. The highest BCUT2D eigenvalue weighted by Gasteiger charge is 2.43. The Bertz CT molecular complexity index is 1910. The fourth-order valence-corrected chi connectivity index (χ4v) is 6.39. The Hall–Kier alpha value is -5.83. The van der Waals surface area contributed by atoms with Gasteiger partial charge in [-0.15, -0.1) is 0 Å². The average Bonchev–Trinajstić information content (AvgIpc) is 3.91. The summed E-state index contributed by atoms with van der Waals surface area (Å²) in [7, 11) is 0. The van der Waals surface area contributed by atoms with Crippen molar-refractivity contribution in [3.05, 3.63) is 107 Å². The molecule has 6 atom stereocenters. The van der Waals surface area contributed by atoms with Gasteiger partial charge >= 0.3 is 0 Å². The maximum Gasteiger partial charge on any atom is 0.276 e. The lowest BCUT2D eigenvalue weighted by molar-refractivity contribution is -0.130. The summed E-state index contributed by atoms with van der Waals surface area (Å²) < 4.78 is 11.4. The van der Waals surface area contributed by atoms with E-state index in [1.807, 2.05) is 44.2 Å². The first-order chi connectivity index (χ1) is 25.0. The van der Waals surface area contributed by atoms with E-state index in [0.29, 0.717) is 12.0 Å². The summed E-state index contributed by atoms with van der Waals surface area (Å²) in [4.78, 5) is 78.2. The van der Waals surface area contributed by atoms with Crippen LogP contribution >= 0.6 is 0 Å². The number of nitrogens with one attached hydrogen (secondary N) is 4. The largest absolute Gasteiger partial charge is 0.446 e. The Morgan fingerprint density at radius 2 is 1.54 bits per heavy atom. The molecule has 1 fully saturated rings. The van der Waals surface area contributed by atoms with Gasteiger partial charge in [0.25, 0.3) is 17.7 Å². The summed E-state index contributed by atoms with van der Waals surface area (Å²) in [5.41, 5.74) is 1.01. The van der Waals surface area contributed by atoms with Crippen LogP contribution in [0.3, 0.4) is 0 Å². The number of rotatable bonds is 7. The van der Waals surface area contributed by atoms with E-state index in [2.05, 4.69) is 31.2 Å². The van der Waals surface area contributed by atoms with Crippen molar-refractivity contribution in [3.8, 4) is 0 Å². The van der Waals surface area contributed by atoms with Crippen molar-refractivity contribution in [2.75, 3.05) is 6.54 Å². The van der Waals surface area contributed by atoms with Gasteiger partial charge in [-0.05, 0) is 36.8 Å². The highest BCUT2D eigenvalue weighted by Crippen LogP contribution is 2.26. The predicted octanol–water partition coefficient (Wildman–Crippen LogP) is 2.53. The van der Waals surface area contributed by atoms with E-state index < -0.39 is 65.8 Å². The Morgan fingerprint density at radius 3 is 2.25 bits per heavy atom. The predicted molar refractivity (Wildman–Crippen MR) is 184 cm³/mol. The number of hydrogen-bond acceptors (Lipinski definition) is 10. The van der Waals surface area contributed by atoms with E-state index in [4.69, 9.17) is 8.83 Å².